The van der Waals surface area contributed by atoms with Gasteiger partial charge in [0.15, 0.2) is 0 Å². The molecule has 1 aliphatic rings. The normalized spacial score (nSPS) is 19.1. The van der Waals surface area contributed by atoms with Crippen LogP contribution in [0, 0.1) is 0 Å². The number of halogens is 6. The summed E-state index contributed by atoms with van der Waals surface area (Å²) < 4.78 is 82.7. The van der Waals surface area contributed by atoms with Gasteiger partial charge in [0, 0.05) is 17.8 Å². The Bertz CT molecular complexity index is 642. The zero-order valence-electron chi connectivity index (χ0n) is 14.4. The molecule has 0 saturated carbocycles. The lowest BCUT2D eigenvalue weighted by atomic mass is 9.91. The molecular weight excluding hydrogens is 380 g/mol. The minimum atomic E-state index is -5.94. The number of carbonyl (C=O) groups excluding carboxylic acids is 1. The second kappa shape index (κ2) is 7.57. The van der Waals surface area contributed by atoms with E-state index >= 15 is 0 Å². The molecule has 4 nitrogen and oxygen atoms in total. The number of anilines is 1. The van der Waals surface area contributed by atoms with E-state index in [9.17, 15) is 36.2 Å². The molecule has 27 heavy (non-hydrogen) atoms. The number of piperidine rings is 1. The first kappa shape index (κ1) is 21.3. The van der Waals surface area contributed by atoms with Crippen LogP contribution < -0.4 is 4.90 Å². The fourth-order valence-corrected chi connectivity index (χ4v) is 3.11. The summed E-state index contributed by atoms with van der Waals surface area (Å²) in [7, 11) is 0. The van der Waals surface area contributed by atoms with E-state index in [0.29, 0.717) is 31.5 Å². The van der Waals surface area contributed by atoms with Gasteiger partial charge in [0.25, 0.3) is 5.60 Å². The van der Waals surface area contributed by atoms with Crippen LogP contribution in [-0.4, -0.2) is 42.6 Å². The van der Waals surface area contributed by atoms with Crippen molar-refractivity contribution < 1.29 is 41.0 Å². The number of rotatable bonds is 4. The van der Waals surface area contributed by atoms with Gasteiger partial charge in [0.1, 0.15) is 6.04 Å². The molecule has 1 saturated heterocycles. The second-order valence-corrected chi connectivity index (χ2v) is 6.21. The zero-order chi connectivity index (χ0) is 20.5. The Labute approximate surface area is 151 Å². The summed E-state index contributed by atoms with van der Waals surface area (Å²) in [4.78, 5) is 13.7. The highest BCUT2D eigenvalue weighted by molar-refractivity contribution is 5.80. The molecule has 1 aromatic rings. The van der Waals surface area contributed by atoms with Gasteiger partial charge in [-0.3, -0.25) is 0 Å². The van der Waals surface area contributed by atoms with E-state index in [4.69, 9.17) is 4.74 Å². The molecule has 0 spiro atoms. The van der Waals surface area contributed by atoms with Gasteiger partial charge < -0.3 is 14.7 Å². The molecular formula is C17H19F6NO3. The van der Waals surface area contributed by atoms with Crippen molar-refractivity contribution in [1.29, 1.82) is 0 Å². The number of hydrogen-bond donors (Lipinski definition) is 1. The molecule has 0 amide bonds. The molecule has 1 atom stereocenters. The largest absolute Gasteiger partial charge is 0.464 e. The number of hydrogen-bond acceptors (Lipinski definition) is 4. The highest BCUT2D eigenvalue weighted by Crippen LogP contribution is 2.50. The van der Waals surface area contributed by atoms with E-state index in [1.165, 1.54) is 0 Å². The summed E-state index contributed by atoms with van der Waals surface area (Å²) in [5.41, 5.74) is -6.03. The number of esters is 1. The molecule has 0 bridgehead atoms. The number of carbonyl (C=O) groups is 1. The average molecular weight is 399 g/mol. The smallest absolute Gasteiger partial charge is 0.430 e. The summed E-state index contributed by atoms with van der Waals surface area (Å²) in [6, 6.07) is 2.57. The molecule has 1 N–H and O–H groups in total. The van der Waals surface area contributed by atoms with Crippen LogP contribution in [0.3, 0.4) is 0 Å². The standard InChI is InChI=1S/C17H19F6NO3/c1-2-27-14(25)13-5-3-4-10-24(13)12-8-6-11(7-9-12)15(26,16(18,19)20)17(21,22)23/h6-9,13,26H,2-5,10H2,1H3. The van der Waals surface area contributed by atoms with Gasteiger partial charge >= 0.3 is 18.3 Å². The van der Waals surface area contributed by atoms with Gasteiger partial charge in [-0.1, -0.05) is 12.1 Å². The molecule has 0 aromatic heterocycles. The topological polar surface area (TPSA) is 49.8 Å². The molecule has 1 heterocycles. The quantitative estimate of drug-likeness (QED) is 0.616. The van der Waals surface area contributed by atoms with E-state index in [-0.39, 0.29) is 12.3 Å². The van der Waals surface area contributed by atoms with Crippen LogP contribution in [0.2, 0.25) is 0 Å². The fraction of sp³-hybridized carbons (Fsp3) is 0.588. The van der Waals surface area contributed by atoms with Crippen molar-refractivity contribution in [2.45, 2.75) is 50.2 Å². The predicted octanol–water partition coefficient (Wildman–Crippen LogP) is 3.92. The Hall–Kier alpha value is -1.97. The van der Waals surface area contributed by atoms with Crippen molar-refractivity contribution in [1.82, 2.24) is 0 Å². The minimum absolute atomic E-state index is 0.159. The third kappa shape index (κ3) is 3.99. The van der Waals surface area contributed by atoms with Gasteiger partial charge in [-0.25, -0.2) is 4.79 Å². The van der Waals surface area contributed by atoms with Crippen LogP contribution in [0.15, 0.2) is 24.3 Å². The lowest BCUT2D eigenvalue weighted by molar-refractivity contribution is -0.376. The second-order valence-electron chi connectivity index (χ2n) is 6.21. The molecule has 1 unspecified atom stereocenters. The number of aliphatic hydroxyl groups is 1. The highest BCUT2D eigenvalue weighted by Gasteiger charge is 2.71. The lowest BCUT2D eigenvalue weighted by Crippen LogP contribution is -2.54. The Morgan fingerprint density at radius 2 is 1.67 bits per heavy atom. The SMILES string of the molecule is CCOC(=O)C1CCCCN1c1ccc(C(O)(C(F)(F)F)C(F)(F)F)cc1. The Morgan fingerprint density at radius 3 is 2.15 bits per heavy atom. The summed E-state index contributed by atoms with van der Waals surface area (Å²) in [5, 5.41) is 9.43. The molecule has 0 aliphatic carbocycles. The van der Waals surface area contributed by atoms with Gasteiger partial charge in [-0.05, 0) is 38.3 Å². The van der Waals surface area contributed by atoms with Crippen LogP contribution in [0.4, 0.5) is 32.0 Å². The maximum atomic E-state index is 13.0. The summed E-state index contributed by atoms with van der Waals surface area (Å²) in [6.07, 6.45) is -9.95. The Morgan fingerprint density at radius 1 is 1.11 bits per heavy atom. The molecule has 0 radical (unpaired) electrons. The third-order valence-electron chi connectivity index (χ3n) is 4.50. The van der Waals surface area contributed by atoms with Gasteiger partial charge in [-0.2, -0.15) is 26.3 Å². The van der Waals surface area contributed by atoms with E-state index in [1.807, 2.05) is 0 Å². The molecule has 2 rings (SSSR count). The zero-order valence-corrected chi connectivity index (χ0v) is 14.4. The maximum Gasteiger partial charge on any atom is 0.430 e. The van der Waals surface area contributed by atoms with Gasteiger partial charge in [0.05, 0.1) is 6.61 Å². The maximum absolute atomic E-state index is 13.0. The molecule has 1 aliphatic heterocycles. The number of alkyl halides is 6. The van der Waals surface area contributed by atoms with Crippen LogP contribution in [0.25, 0.3) is 0 Å². The third-order valence-corrected chi connectivity index (χ3v) is 4.50. The summed E-state index contributed by atoms with van der Waals surface area (Å²) in [5.74, 6) is -0.497. The lowest BCUT2D eigenvalue weighted by Gasteiger charge is -2.36. The van der Waals surface area contributed by atoms with Crippen molar-refractivity contribution in [3.63, 3.8) is 0 Å². The first-order valence-corrected chi connectivity index (χ1v) is 8.33. The first-order valence-electron chi connectivity index (χ1n) is 8.33. The van der Waals surface area contributed by atoms with Crippen molar-refractivity contribution in [3.8, 4) is 0 Å². The summed E-state index contributed by atoms with van der Waals surface area (Å²) in [6.45, 7) is 2.20. The van der Waals surface area contributed by atoms with Crippen LogP contribution in [0.1, 0.15) is 31.7 Å². The first-order chi connectivity index (χ1) is 12.4. The number of ether oxygens (including phenoxy) is 1. The monoisotopic (exact) mass is 399 g/mol. The van der Waals surface area contributed by atoms with Crippen LogP contribution in [-0.2, 0) is 15.1 Å². The van der Waals surface area contributed by atoms with Gasteiger partial charge in [-0.15, -0.1) is 0 Å². The number of nitrogens with zero attached hydrogens (tertiary/aromatic N) is 1. The van der Waals surface area contributed by atoms with E-state index in [0.717, 1.165) is 18.6 Å². The van der Waals surface area contributed by atoms with Crippen molar-refractivity contribution in [2.75, 3.05) is 18.1 Å². The minimum Gasteiger partial charge on any atom is -0.464 e. The molecule has 1 fully saturated rings. The predicted molar refractivity (Wildman–Crippen MR) is 84.1 cm³/mol. The van der Waals surface area contributed by atoms with Crippen LogP contribution in [0.5, 0.6) is 0 Å². The van der Waals surface area contributed by atoms with E-state index in [2.05, 4.69) is 0 Å². The average Bonchev–Trinajstić information content (AvgIpc) is 2.59. The molecule has 10 heteroatoms. The highest BCUT2D eigenvalue weighted by atomic mass is 19.4. The van der Waals surface area contributed by atoms with Gasteiger partial charge in [0.2, 0.25) is 0 Å². The summed E-state index contributed by atoms with van der Waals surface area (Å²) >= 11 is 0. The fourth-order valence-electron chi connectivity index (χ4n) is 3.11. The van der Waals surface area contributed by atoms with E-state index in [1.54, 1.807) is 11.8 Å². The van der Waals surface area contributed by atoms with Crippen LogP contribution >= 0.6 is 0 Å². The molecule has 1 aromatic carbocycles. The van der Waals surface area contributed by atoms with E-state index < -0.39 is 35.5 Å². The Kier molecular flexibility index (Phi) is 5.98. The molecule has 152 valence electrons. The van der Waals surface area contributed by atoms with Crippen molar-refractivity contribution >= 4 is 11.7 Å². The Balaban J connectivity index is 2.36. The number of benzene rings is 1. The van der Waals surface area contributed by atoms with Crippen molar-refractivity contribution in [2.24, 2.45) is 0 Å². The van der Waals surface area contributed by atoms with Crippen molar-refractivity contribution in [3.05, 3.63) is 29.8 Å².